The van der Waals surface area contributed by atoms with Crippen LogP contribution in [0.1, 0.15) is 43.0 Å². The minimum Gasteiger partial charge on any atom is -0.354 e. The number of hydrogen-bond donors (Lipinski definition) is 1. The number of anilines is 1. The first-order valence-electron chi connectivity index (χ1n) is 13.4. The second-order valence-corrected chi connectivity index (χ2v) is 13.4. The first kappa shape index (κ1) is 32.4. The Labute approximate surface area is 253 Å². The standard InChI is InChI=1S/C31H37Cl2N3O4S/c1-20(2)17-34-31(38)24(6)35(18-25-9-10-26(32)16-29(25)33)30(37)19-36(27-14-22(4)13-23(5)15-27)41(39,40)28-11-7-21(3)8-12-28/h7-16,20,24H,17-19H2,1-6H3,(H,34,38). The van der Waals surface area contributed by atoms with Gasteiger partial charge in [0.2, 0.25) is 11.8 Å². The van der Waals surface area contributed by atoms with Crippen molar-refractivity contribution in [1.82, 2.24) is 10.2 Å². The molecule has 220 valence electrons. The summed E-state index contributed by atoms with van der Waals surface area (Å²) in [5, 5.41) is 3.64. The lowest BCUT2D eigenvalue weighted by atomic mass is 10.1. The molecule has 0 radical (unpaired) electrons. The van der Waals surface area contributed by atoms with Gasteiger partial charge in [-0.05, 0) is 86.7 Å². The van der Waals surface area contributed by atoms with Crippen LogP contribution in [0.2, 0.25) is 10.0 Å². The van der Waals surface area contributed by atoms with Crippen LogP contribution >= 0.6 is 23.2 Å². The summed E-state index contributed by atoms with van der Waals surface area (Å²) < 4.78 is 29.1. The number of nitrogens with zero attached hydrogens (tertiary/aromatic N) is 2. The van der Waals surface area contributed by atoms with Gasteiger partial charge >= 0.3 is 0 Å². The van der Waals surface area contributed by atoms with Crippen LogP contribution in [0.4, 0.5) is 5.69 Å². The SMILES string of the molecule is Cc1ccc(S(=O)(=O)N(CC(=O)N(Cc2ccc(Cl)cc2Cl)C(C)C(=O)NCC(C)C)c2cc(C)cc(C)c2)cc1. The molecule has 0 saturated carbocycles. The van der Waals surface area contributed by atoms with Crippen LogP contribution < -0.4 is 9.62 Å². The number of rotatable bonds is 11. The van der Waals surface area contributed by atoms with E-state index in [1.807, 2.05) is 40.7 Å². The van der Waals surface area contributed by atoms with Gasteiger partial charge < -0.3 is 10.2 Å². The summed E-state index contributed by atoms with van der Waals surface area (Å²) in [4.78, 5) is 28.6. The Kier molecular flexibility index (Phi) is 10.9. The Balaban J connectivity index is 2.07. The zero-order valence-corrected chi connectivity index (χ0v) is 26.6. The highest BCUT2D eigenvalue weighted by molar-refractivity contribution is 7.92. The van der Waals surface area contributed by atoms with Crippen molar-refractivity contribution in [1.29, 1.82) is 0 Å². The van der Waals surface area contributed by atoms with E-state index >= 15 is 0 Å². The van der Waals surface area contributed by atoms with Crippen molar-refractivity contribution < 1.29 is 18.0 Å². The summed E-state index contributed by atoms with van der Waals surface area (Å²) in [5.74, 6) is -0.699. The zero-order chi connectivity index (χ0) is 30.5. The monoisotopic (exact) mass is 617 g/mol. The summed E-state index contributed by atoms with van der Waals surface area (Å²) in [7, 11) is -4.15. The Morgan fingerprint density at radius 2 is 1.46 bits per heavy atom. The topological polar surface area (TPSA) is 86.8 Å². The summed E-state index contributed by atoms with van der Waals surface area (Å²) in [6.07, 6.45) is 0. The van der Waals surface area contributed by atoms with Crippen molar-refractivity contribution >= 4 is 50.7 Å². The molecule has 1 unspecified atom stereocenters. The molecule has 10 heteroatoms. The van der Waals surface area contributed by atoms with Crippen LogP contribution in [0.5, 0.6) is 0 Å². The molecule has 0 aliphatic carbocycles. The molecule has 1 N–H and O–H groups in total. The fourth-order valence-electron chi connectivity index (χ4n) is 4.33. The minimum absolute atomic E-state index is 0.0175. The van der Waals surface area contributed by atoms with E-state index in [2.05, 4.69) is 5.32 Å². The highest BCUT2D eigenvalue weighted by Gasteiger charge is 2.33. The number of sulfonamides is 1. The maximum absolute atomic E-state index is 14.1. The van der Waals surface area contributed by atoms with Crippen LogP contribution in [-0.2, 0) is 26.2 Å². The number of amides is 2. The quantitative estimate of drug-likeness (QED) is 0.273. The smallest absolute Gasteiger partial charge is 0.264 e. The van der Waals surface area contributed by atoms with Gasteiger partial charge in [0.05, 0.1) is 10.6 Å². The summed E-state index contributed by atoms with van der Waals surface area (Å²) >= 11 is 12.5. The number of benzene rings is 3. The van der Waals surface area contributed by atoms with E-state index in [9.17, 15) is 18.0 Å². The molecule has 0 spiro atoms. The zero-order valence-electron chi connectivity index (χ0n) is 24.2. The molecule has 0 aliphatic rings. The van der Waals surface area contributed by atoms with Gasteiger partial charge in [-0.15, -0.1) is 0 Å². The van der Waals surface area contributed by atoms with Gasteiger partial charge in [-0.3, -0.25) is 13.9 Å². The van der Waals surface area contributed by atoms with Crippen LogP contribution in [0.3, 0.4) is 0 Å². The van der Waals surface area contributed by atoms with Gasteiger partial charge in [0.1, 0.15) is 12.6 Å². The molecule has 1 atom stereocenters. The van der Waals surface area contributed by atoms with Crippen molar-refractivity contribution in [3.05, 3.63) is 93.0 Å². The van der Waals surface area contributed by atoms with Crippen LogP contribution in [0.15, 0.2) is 65.6 Å². The largest absolute Gasteiger partial charge is 0.354 e. The highest BCUT2D eigenvalue weighted by Crippen LogP contribution is 2.28. The third-order valence-electron chi connectivity index (χ3n) is 6.59. The van der Waals surface area contributed by atoms with Crippen LogP contribution in [-0.4, -0.2) is 44.3 Å². The van der Waals surface area contributed by atoms with Crippen molar-refractivity contribution in [3.63, 3.8) is 0 Å². The van der Waals surface area contributed by atoms with Gasteiger partial charge in [-0.25, -0.2) is 8.42 Å². The summed E-state index contributed by atoms with van der Waals surface area (Å²) in [6.45, 7) is 11.1. The minimum atomic E-state index is -4.15. The van der Waals surface area contributed by atoms with Crippen LogP contribution in [0.25, 0.3) is 0 Å². The molecule has 3 aromatic rings. The predicted molar refractivity (Wildman–Crippen MR) is 166 cm³/mol. The molecule has 41 heavy (non-hydrogen) atoms. The van der Waals surface area contributed by atoms with Gasteiger partial charge in [0, 0.05) is 23.1 Å². The molecule has 0 saturated heterocycles. The summed E-state index contributed by atoms with van der Waals surface area (Å²) in [5.41, 5.74) is 3.54. The number of carbonyl (C=O) groups excluding carboxylic acids is 2. The molecule has 0 bridgehead atoms. The van der Waals surface area contributed by atoms with E-state index in [0.717, 1.165) is 21.0 Å². The normalized spacial score (nSPS) is 12.2. The molecular formula is C31H37Cl2N3O4S. The maximum atomic E-state index is 14.1. The van der Waals surface area contributed by atoms with Crippen molar-refractivity contribution in [3.8, 4) is 0 Å². The number of aryl methyl sites for hydroxylation is 3. The summed E-state index contributed by atoms with van der Waals surface area (Å²) in [6, 6.07) is 15.9. The molecule has 0 aromatic heterocycles. The van der Waals surface area contributed by atoms with E-state index in [4.69, 9.17) is 23.2 Å². The predicted octanol–water partition coefficient (Wildman–Crippen LogP) is 6.30. The van der Waals surface area contributed by atoms with Gasteiger partial charge in [-0.1, -0.05) is 66.9 Å². The Morgan fingerprint density at radius 1 is 0.854 bits per heavy atom. The Morgan fingerprint density at radius 3 is 2.02 bits per heavy atom. The van der Waals surface area contributed by atoms with Crippen LogP contribution in [0, 0.1) is 26.7 Å². The van der Waals surface area contributed by atoms with E-state index in [0.29, 0.717) is 27.8 Å². The molecule has 7 nitrogen and oxygen atoms in total. The molecule has 0 heterocycles. The molecule has 2 amide bonds. The average molecular weight is 619 g/mol. The number of halogens is 2. The van der Waals surface area contributed by atoms with E-state index in [-0.39, 0.29) is 23.3 Å². The number of carbonyl (C=O) groups is 2. The third-order valence-corrected chi connectivity index (χ3v) is 8.96. The second-order valence-electron chi connectivity index (χ2n) is 10.7. The lowest BCUT2D eigenvalue weighted by molar-refractivity contribution is -0.139. The van der Waals surface area contributed by atoms with E-state index < -0.39 is 28.5 Å². The first-order chi connectivity index (χ1) is 19.2. The average Bonchev–Trinajstić information content (AvgIpc) is 2.89. The van der Waals surface area contributed by atoms with Crippen molar-refractivity contribution in [2.24, 2.45) is 5.92 Å². The molecular weight excluding hydrogens is 581 g/mol. The highest BCUT2D eigenvalue weighted by atomic mass is 35.5. The van der Waals surface area contributed by atoms with Crippen molar-refractivity contribution in [2.45, 2.75) is 59.0 Å². The van der Waals surface area contributed by atoms with Crippen molar-refractivity contribution in [2.75, 3.05) is 17.4 Å². The first-order valence-corrected chi connectivity index (χ1v) is 15.6. The molecule has 0 fully saturated rings. The Bertz CT molecular complexity index is 1490. The van der Waals surface area contributed by atoms with Gasteiger partial charge in [0.15, 0.2) is 0 Å². The third kappa shape index (κ3) is 8.47. The maximum Gasteiger partial charge on any atom is 0.264 e. The fourth-order valence-corrected chi connectivity index (χ4v) is 6.20. The van der Waals surface area contributed by atoms with Gasteiger partial charge in [0.25, 0.3) is 10.0 Å². The molecule has 0 aliphatic heterocycles. The Hall–Kier alpha value is -3.07. The number of hydrogen-bond acceptors (Lipinski definition) is 4. The van der Waals surface area contributed by atoms with E-state index in [1.54, 1.807) is 49.4 Å². The van der Waals surface area contributed by atoms with E-state index in [1.165, 1.54) is 17.0 Å². The number of nitrogens with one attached hydrogen (secondary N) is 1. The molecule has 3 aromatic carbocycles. The van der Waals surface area contributed by atoms with Gasteiger partial charge in [-0.2, -0.15) is 0 Å². The fraction of sp³-hybridized carbons (Fsp3) is 0.355. The second kappa shape index (κ2) is 13.7. The molecule has 3 rings (SSSR count). The lowest BCUT2D eigenvalue weighted by Gasteiger charge is -2.32. The lowest BCUT2D eigenvalue weighted by Crippen LogP contribution is -2.51.